The van der Waals surface area contributed by atoms with Crippen molar-refractivity contribution in [2.24, 2.45) is 13.0 Å². The minimum atomic E-state index is -3.69. The minimum Gasteiger partial charge on any atom is -0.493 e. The van der Waals surface area contributed by atoms with E-state index in [0.29, 0.717) is 31.7 Å². The summed E-state index contributed by atoms with van der Waals surface area (Å²) in [5, 5.41) is 0.845. The number of piperidine rings is 1. The van der Waals surface area contributed by atoms with Crippen LogP contribution in [0, 0.1) is 5.92 Å². The molecule has 0 unspecified atom stereocenters. The molecule has 0 amide bonds. The number of hydrogen-bond acceptors (Lipinski definition) is 5. The second-order valence-electron chi connectivity index (χ2n) is 6.93. The SMILES string of the molecule is Cn1ccnc1SC[C@H]1CCN(S(=O)(=O)c2ccc3c(c2)CCO3)C[C@@H]1F. The van der Waals surface area contributed by atoms with Crippen LogP contribution < -0.4 is 4.74 Å². The van der Waals surface area contributed by atoms with Crippen molar-refractivity contribution in [2.75, 3.05) is 25.4 Å². The molecule has 1 aromatic carbocycles. The summed E-state index contributed by atoms with van der Waals surface area (Å²) in [6.07, 6.45) is 3.60. The lowest BCUT2D eigenvalue weighted by Gasteiger charge is -2.33. The average Bonchev–Trinajstić information content (AvgIpc) is 3.28. The Morgan fingerprint density at radius 1 is 1.41 bits per heavy atom. The third-order valence-corrected chi connectivity index (χ3v) is 8.25. The van der Waals surface area contributed by atoms with Gasteiger partial charge in [0, 0.05) is 50.6 Å². The maximum Gasteiger partial charge on any atom is 0.243 e. The Morgan fingerprint density at radius 2 is 2.26 bits per heavy atom. The third kappa shape index (κ3) is 3.72. The van der Waals surface area contributed by atoms with Crippen molar-refractivity contribution in [3.63, 3.8) is 0 Å². The fourth-order valence-electron chi connectivity index (χ4n) is 3.48. The first-order valence-electron chi connectivity index (χ1n) is 8.95. The first-order valence-corrected chi connectivity index (χ1v) is 11.4. The minimum absolute atomic E-state index is 0.0955. The highest BCUT2D eigenvalue weighted by Crippen LogP contribution is 2.32. The van der Waals surface area contributed by atoms with Crippen molar-refractivity contribution in [1.82, 2.24) is 13.9 Å². The predicted molar refractivity (Wildman–Crippen MR) is 101 cm³/mol. The normalized spacial score (nSPS) is 23.2. The zero-order chi connectivity index (χ0) is 19.0. The molecule has 27 heavy (non-hydrogen) atoms. The number of alkyl halides is 1. The number of rotatable bonds is 5. The molecule has 0 spiro atoms. The van der Waals surface area contributed by atoms with Gasteiger partial charge in [0.05, 0.1) is 11.5 Å². The van der Waals surface area contributed by atoms with Crippen LogP contribution in [0.4, 0.5) is 4.39 Å². The maximum atomic E-state index is 14.7. The van der Waals surface area contributed by atoms with E-state index in [4.69, 9.17) is 4.74 Å². The van der Waals surface area contributed by atoms with Crippen LogP contribution in [0.3, 0.4) is 0 Å². The van der Waals surface area contributed by atoms with Crippen molar-refractivity contribution >= 4 is 21.8 Å². The van der Waals surface area contributed by atoms with Gasteiger partial charge in [0.15, 0.2) is 5.16 Å². The molecule has 146 valence electrons. The Bertz CT molecular complexity index is 932. The van der Waals surface area contributed by atoms with E-state index in [1.54, 1.807) is 24.4 Å². The van der Waals surface area contributed by atoms with Crippen molar-refractivity contribution in [2.45, 2.75) is 29.1 Å². The summed E-state index contributed by atoms with van der Waals surface area (Å²) in [5.41, 5.74) is 0.897. The topological polar surface area (TPSA) is 64.4 Å². The van der Waals surface area contributed by atoms with E-state index in [0.717, 1.165) is 16.5 Å². The number of fused-ring (bicyclic) bond motifs is 1. The lowest BCUT2D eigenvalue weighted by atomic mass is 9.98. The molecule has 3 heterocycles. The molecule has 2 aliphatic heterocycles. The number of thioether (sulfide) groups is 1. The highest BCUT2D eigenvalue weighted by atomic mass is 32.2. The summed E-state index contributed by atoms with van der Waals surface area (Å²) in [6, 6.07) is 4.90. The van der Waals surface area contributed by atoms with Gasteiger partial charge in [-0.1, -0.05) is 11.8 Å². The summed E-state index contributed by atoms with van der Waals surface area (Å²) in [7, 11) is -1.79. The summed E-state index contributed by atoms with van der Waals surface area (Å²) in [6.45, 7) is 0.814. The van der Waals surface area contributed by atoms with Gasteiger partial charge in [-0.25, -0.2) is 17.8 Å². The van der Waals surface area contributed by atoms with Gasteiger partial charge in [0.2, 0.25) is 10.0 Å². The highest BCUT2D eigenvalue weighted by Gasteiger charge is 2.36. The number of aromatic nitrogens is 2. The summed E-state index contributed by atoms with van der Waals surface area (Å²) < 4.78 is 49.2. The van der Waals surface area contributed by atoms with Gasteiger partial charge in [0.25, 0.3) is 0 Å². The number of aryl methyl sites for hydroxylation is 1. The van der Waals surface area contributed by atoms with E-state index in [9.17, 15) is 12.8 Å². The Morgan fingerprint density at radius 3 is 3.00 bits per heavy atom. The van der Waals surface area contributed by atoms with Gasteiger partial charge in [-0.2, -0.15) is 4.31 Å². The molecule has 2 aromatic rings. The van der Waals surface area contributed by atoms with Gasteiger partial charge >= 0.3 is 0 Å². The van der Waals surface area contributed by atoms with E-state index in [1.807, 2.05) is 17.8 Å². The van der Waals surface area contributed by atoms with Crippen molar-refractivity contribution < 1.29 is 17.5 Å². The lowest BCUT2D eigenvalue weighted by molar-refractivity contribution is 0.146. The molecule has 9 heteroatoms. The van der Waals surface area contributed by atoms with Crippen LogP contribution in [0.25, 0.3) is 0 Å². The summed E-state index contributed by atoms with van der Waals surface area (Å²) in [5.74, 6) is 1.16. The number of benzene rings is 1. The molecule has 1 fully saturated rings. The Balaban J connectivity index is 1.42. The second kappa shape index (κ2) is 7.44. The smallest absolute Gasteiger partial charge is 0.243 e. The van der Waals surface area contributed by atoms with Crippen molar-refractivity contribution in [3.8, 4) is 5.75 Å². The van der Waals surface area contributed by atoms with Crippen LogP contribution >= 0.6 is 11.8 Å². The molecule has 0 saturated carbocycles. The Labute approximate surface area is 162 Å². The number of halogens is 1. The van der Waals surface area contributed by atoms with Gasteiger partial charge in [-0.3, -0.25) is 0 Å². The zero-order valence-electron chi connectivity index (χ0n) is 15.0. The summed E-state index contributed by atoms with van der Waals surface area (Å²) >= 11 is 1.51. The largest absolute Gasteiger partial charge is 0.493 e. The number of hydrogen-bond donors (Lipinski definition) is 0. The number of nitrogens with zero attached hydrogens (tertiary/aromatic N) is 3. The number of ether oxygens (including phenoxy) is 1. The molecule has 4 rings (SSSR count). The van der Waals surface area contributed by atoms with Gasteiger partial charge in [0.1, 0.15) is 11.9 Å². The third-order valence-electron chi connectivity index (χ3n) is 5.14. The quantitative estimate of drug-likeness (QED) is 0.708. The molecule has 2 aliphatic rings. The second-order valence-corrected chi connectivity index (χ2v) is 9.85. The fraction of sp³-hybridized carbons (Fsp3) is 0.500. The molecular weight excluding hydrogens is 389 g/mol. The van der Waals surface area contributed by atoms with Crippen molar-refractivity contribution in [3.05, 3.63) is 36.2 Å². The molecular formula is C18H22FN3O3S2. The molecule has 2 atom stereocenters. The molecule has 6 nitrogen and oxygen atoms in total. The van der Waals surface area contributed by atoms with E-state index in [-0.39, 0.29) is 17.4 Å². The lowest BCUT2D eigenvalue weighted by Crippen LogP contribution is -2.45. The first-order chi connectivity index (χ1) is 12.9. The Kier molecular flexibility index (Phi) is 5.17. The zero-order valence-corrected chi connectivity index (χ0v) is 16.7. The van der Waals surface area contributed by atoms with Crippen LogP contribution in [0.1, 0.15) is 12.0 Å². The molecule has 0 radical (unpaired) electrons. The van der Waals surface area contributed by atoms with E-state index < -0.39 is 16.2 Å². The predicted octanol–water partition coefficient (Wildman–Crippen LogP) is 2.50. The van der Waals surface area contributed by atoms with Gasteiger partial charge in [-0.15, -0.1) is 0 Å². The number of sulfonamides is 1. The van der Waals surface area contributed by atoms with Crippen LogP contribution in [0.2, 0.25) is 0 Å². The van der Waals surface area contributed by atoms with Crippen molar-refractivity contribution in [1.29, 1.82) is 0 Å². The monoisotopic (exact) mass is 411 g/mol. The summed E-state index contributed by atoms with van der Waals surface area (Å²) in [4.78, 5) is 4.46. The molecule has 0 aliphatic carbocycles. The van der Waals surface area contributed by atoms with Crippen LogP contribution in [-0.2, 0) is 23.5 Å². The fourth-order valence-corrected chi connectivity index (χ4v) is 6.13. The average molecular weight is 412 g/mol. The maximum absolute atomic E-state index is 14.7. The van der Waals surface area contributed by atoms with E-state index >= 15 is 0 Å². The standard InChI is InChI=1S/C18H22FN3O3S2/c1-21-8-6-20-18(21)26-12-14-4-7-22(11-16(14)19)27(23,24)15-2-3-17-13(10-15)5-9-25-17/h2-3,6,8,10,14,16H,4-5,7,9,11-12H2,1H3/t14-,16+/m1/s1. The van der Waals surface area contributed by atoms with Gasteiger partial charge in [-0.05, 0) is 30.2 Å². The number of imidazole rings is 1. The molecule has 1 saturated heterocycles. The Hall–Kier alpha value is -1.58. The molecule has 0 bridgehead atoms. The van der Waals surface area contributed by atoms with Crippen LogP contribution in [0.15, 0.2) is 40.6 Å². The first kappa shape index (κ1) is 18.8. The highest BCUT2D eigenvalue weighted by molar-refractivity contribution is 7.99. The molecule has 0 N–H and O–H groups in total. The molecule has 1 aromatic heterocycles. The van der Waals surface area contributed by atoms with Gasteiger partial charge < -0.3 is 9.30 Å². The van der Waals surface area contributed by atoms with E-state index in [1.165, 1.54) is 16.1 Å². The van der Waals surface area contributed by atoms with E-state index in [2.05, 4.69) is 4.98 Å². The van der Waals surface area contributed by atoms with Crippen LogP contribution in [-0.4, -0.2) is 53.9 Å². The van der Waals surface area contributed by atoms with Crippen LogP contribution in [0.5, 0.6) is 5.75 Å².